The molecule has 0 radical (unpaired) electrons. The van der Waals surface area contributed by atoms with Crippen molar-refractivity contribution in [3.8, 4) is 11.5 Å². The van der Waals surface area contributed by atoms with Crippen molar-refractivity contribution in [1.82, 2.24) is 30.9 Å². The largest absolute Gasteiger partial charge is 0.805 e. The van der Waals surface area contributed by atoms with Crippen LogP contribution in [0.5, 0.6) is 11.5 Å². The molecule has 6 N–H and O–H groups in total. The first-order valence-corrected chi connectivity index (χ1v) is 18.1. The molecule has 20 heteroatoms. The van der Waals surface area contributed by atoms with Gasteiger partial charge in [-0.1, -0.05) is 47.5 Å². The van der Waals surface area contributed by atoms with E-state index >= 15 is 0 Å². The fourth-order valence-corrected chi connectivity index (χ4v) is 5.69. The predicted molar refractivity (Wildman–Crippen MR) is 211 cm³/mol. The summed E-state index contributed by atoms with van der Waals surface area (Å²) in [6.45, 7) is 0. The monoisotopic (exact) mass is 815 g/mol. The van der Waals surface area contributed by atoms with Crippen molar-refractivity contribution < 1.29 is 32.9 Å². The number of para-hydroxylation sites is 4. The van der Waals surface area contributed by atoms with Crippen molar-refractivity contribution in [3.05, 3.63) is 131 Å². The van der Waals surface area contributed by atoms with E-state index in [9.17, 15) is 14.2 Å². The smallest absolute Gasteiger partial charge is 0.336 e. The number of benzene rings is 4. The van der Waals surface area contributed by atoms with E-state index in [1.54, 1.807) is 97.1 Å². The molecular formula is C36H30Cl2N10O7P+. The first-order chi connectivity index (χ1) is 27.2. The van der Waals surface area contributed by atoms with Crippen molar-refractivity contribution >= 4 is 89.6 Å². The highest BCUT2D eigenvalue weighted by atomic mass is 35.5. The molecule has 0 bridgehead atoms. The summed E-state index contributed by atoms with van der Waals surface area (Å²) in [5.74, 6) is 0.428. The lowest BCUT2D eigenvalue weighted by atomic mass is 10.2. The lowest BCUT2D eigenvalue weighted by Crippen LogP contribution is -2.21. The number of nitrogens with zero attached hydrogens (tertiary/aromatic N) is 4. The summed E-state index contributed by atoms with van der Waals surface area (Å²) in [6, 6.07) is 26.5. The number of rotatable bonds is 16. The van der Waals surface area contributed by atoms with Crippen LogP contribution in [0.2, 0.25) is 10.0 Å². The Bertz CT molecular complexity index is 2200. The topological polar surface area (TPSA) is 212 Å². The maximum absolute atomic E-state index is 13.3. The molecule has 0 atom stereocenters. The number of hydrogen-bond acceptors (Lipinski definition) is 15. The molecular weight excluding hydrogens is 786 g/mol. The molecule has 56 heavy (non-hydrogen) atoms. The summed E-state index contributed by atoms with van der Waals surface area (Å²) in [5, 5.41) is 12.7. The van der Waals surface area contributed by atoms with Gasteiger partial charge in [0.25, 0.3) is 11.8 Å². The van der Waals surface area contributed by atoms with Gasteiger partial charge in [-0.15, -0.1) is 0 Å². The van der Waals surface area contributed by atoms with E-state index in [0.29, 0.717) is 33.9 Å². The average Bonchev–Trinajstić information content (AvgIpc) is 3.19. The highest BCUT2D eigenvalue weighted by Gasteiger charge is 2.28. The van der Waals surface area contributed by atoms with Gasteiger partial charge in [-0.05, 0) is 72.8 Å². The Labute approximate surface area is 330 Å². The third-order valence-corrected chi connectivity index (χ3v) is 8.55. The van der Waals surface area contributed by atoms with E-state index in [4.69, 9.17) is 32.2 Å². The molecule has 0 spiro atoms. The molecule has 2 heterocycles. The standard InChI is InChI=1S/C36H29Cl2N10O7P/c1-52-47-33(49)21-11-15-23(16-12-21)41-35-39-19-25(37)31(45-35)43-27-7-3-5-9-29(27)54-56(51)55-30-10-6-4-8-28(30)44-32-26(38)20-40-36(46-32)42-24-17-13-22(14-18-24)34(50)48-53-2/h3-20H,1-2H3,(H5-,39,40,41,42,43,44,45,46,47,48,49,50)/p+1. The Morgan fingerprint density at radius 2 is 0.964 bits per heavy atom. The maximum atomic E-state index is 13.3. The Morgan fingerprint density at radius 3 is 1.36 bits per heavy atom. The fraction of sp³-hybridized carbons (Fsp3) is 0.0556. The minimum absolute atomic E-state index is 0.176. The molecule has 284 valence electrons. The highest BCUT2D eigenvalue weighted by Crippen LogP contribution is 2.40. The molecule has 0 saturated carbocycles. The molecule has 0 aliphatic heterocycles. The number of hydroxylamine groups is 2. The SMILES string of the molecule is CONC(=O)c1ccc(Nc2ncc(Cl)c(Nc3ccccc3O[P+](=O)Oc3ccccc3Nc3nc(Nc4ccc(C(=O)NOC)cc4)ncc3Cl)n2)cc1. The van der Waals surface area contributed by atoms with Crippen molar-refractivity contribution in [2.24, 2.45) is 0 Å². The maximum Gasteiger partial charge on any atom is 0.805 e. The Morgan fingerprint density at radius 1 is 0.571 bits per heavy atom. The van der Waals surface area contributed by atoms with E-state index in [0.717, 1.165) is 0 Å². The number of nitrogens with one attached hydrogen (secondary N) is 6. The van der Waals surface area contributed by atoms with Crippen LogP contribution in [0.15, 0.2) is 109 Å². The third-order valence-electron chi connectivity index (χ3n) is 7.31. The molecule has 0 aliphatic carbocycles. The zero-order chi connectivity index (χ0) is 39.4. The van der Waals surface area contributed by atoms with Gasteiger partial charge in [-0.2, -0.15) is 9.97 Å². The molecule has 0 aliphatic rings. The molecule has 2 amide bonds. The van der Waals surface area contributed by atoms with E-state index < -0.39 is 20.1 Å². The molecule has 17 nitrogen and oxygen atoms in total. The van der Waals surface area contributed by atoms with Crippen LogP contribution in [0.4, 0.5) is 46.3 Å². The second kappa shape index (κ2) is 18.6. The van der Waals surface area contributed by atoms with Crippen LogP contribution in [-0.2, 0) is 14.2 Å². The molecule has 0 unspecified atom stereocenters. The van der Waals surface area contributed by atoms with Gasteiger partial charge in [0.05, 0.1) is 38.0 Å². The summed E-state index contributed by atoms with van der Waals surface area (Å²) in [7, 11) is -0.0901. The van der Waals surface area contributed by atoms with E-state index in [2.05, 4.69) is 61.8 Å². The van der Waals surface area contributed by atoms with Crippen molar-refractivity contribution in [2.75, 3.05) is 35.5 Å². The van der Waals surface area contributed by atoms with Gasteiger partial charge in [0.15, 0.2) is 11.6 Å². The summed E-state index contributed by atoms with van der Waals surface area (Å²) in [4.78, 5) is 50.7. The number of amides is 2. The Kier molecular flexibility index (Phi) is 13.0. The lowest BCUT2D eigenvalue weighted by molar-refractivity contribution is 0.0533. The zero-order valence-electron chi connectivity index (χ0n) is 29.2. The van der Waals surface area contributed by atoms with Crippen molar-refractivity contribution in [1.29, 1.82) is 0 Å². The minimum atomic E-state index is -2.79. The van der Waals surface area contributed by atoms with Crippen LogP contribution in [0.3, 0.4) is 0 Å². The number of anilines is 8. The number of hydrogen-bond donors (Lipinski definition) is 6. The Hall–Kier alpha value is -6.62. The van der Waals surface area contributed by atoms with Crippen LogP contribution in [0.1, 0.15) is 20.7 Å². The predicted octanol–water partition coefficient (Wildman–Crippen LogP) is 8.25. The van der Waals surface area contributed by atoms with E-state index in [1.807, 2.05) is 0 Å². The van der Waals surface area contributed by atoms with Gasteiger partial charge in [-0.25, -0.2) is 30.0 Å². The van der Waals surface area contributed by atoms with Gasteiger partial charge >= 0.3 is 8.25 Å². The Balaban J connectivity index is 1.11. The van der Waals surface area contributed by atoms with E-state index in [-0.39, 0.29) is 45.1 Å². The second-order valence-electron chi connectivity index (χ2n) is 11.1. The summed E-state index contributed by atoms with van der Waals surface area (Å²) >= 11 is 12.9. The molecule has 2 aromatic heterocycles. The fourth-order valence-electron chi connectivity index (χ4n) is 4.73. The third kappa shape index (κ3) is 10.3. The number of halogens is 2. The molecule has 4 aromatic carbocycles. The molecule has 0 saturated heterocycles. The second-order valence-corrected chi connectivity index (χ2v) is 12.7. The van der Waals surface area contributed by atoms with Crippen molar-refractivity contribution in [3.63, 3.8) is 0 Å². The van der Waals surface area contributed by atoms with E-state index in [1.165, 1.54) is 26.6 Å². The minimum Gasteiger partial charge on any atom is -0.336 e. The summed E-state index contributed by atoms with van der Waals surface area (Å²) in [5.41, 5.74) is 7.28. The normalized spacial score (nSPS) is 10.5. The van der Waals surface area contributed by atoms with Gasteiger partial charge in [0.1, 0.15) is 10.0 Å². The first kappa shape index (κ1) is 39.1. The van der Waals surface area contributed by atoms with Gasteiger partial charge in [0.2, 0.25) is 23.4 Å². The highest BCUT2D eigenvalue weighted by molar-refractivity contribution is 7.34. The lowest BCUT2D eigenvalue weighted by Gasteiger charge is -2.12. The summed E-state index contributed by atoms with van der Waals surface area (Å²) in [6.07, 6.45) is 2.81. The van der Waals surface area contributed by atoms with Crippen molar-refractivity contribution in [2.45, 2.75) is 0 Å². The number of aromatic nitrogens is 4. The molecule has 6 rings (SSSR count). The molecule has 6 aromatic rings. The number of carbonyl (C=O) groups excluding carboxylic acids is 2. The van der Waals surface area contributed by atoms with Gasteiger partial charge in [-0.3, -0.25) is 19.3 Å². The summed E-state index contributed by atoms with van der Waals surface area (Å²) < 4.78 is 24.8. The van der Waals surface area contributed by atoms with Crippen LogP contribution in [-0.4, -0.2) is 46.0 Å². The average molecular weight is 817 g/mol. The number of carbonyl (C=O) groups is 2. The van der Waals surface area contributed by atoms with Gasteiger partial charge in [0, 0.05) is 27.1 Å². The van der Waals surface area contributed by atoms with Crippen LogP contribution < -0.4 is 41.3 Å². The zero-order valence-corrected chi connectivity index (χ0v) is 31.6. The van der Waals surface area contributed by atoms with Crippen LogP contribution in [0, 0.1) is 0 Å². The van der Waals surface area contributed by atoms with Crippen LogP contribution >= 0.6 is 31.5 Å². The quantitative estimate of drug-likeness (QED) is 0.0401. The van der Waals surface area contributed by atoms with Gasteiger partial charge < -0.3 is 21.3 Å². The first-order valence-electron chi connectivity index (χ1n) is 16.2. The van der Waals surface area contributed by atoms with Crippen LogP contribution in [0.25, 0.3) is 0 Å². The molecule has 0 fully saturated rings.